The number of nitrogens with one attached hydrogen (secondary N) is 1. The maximum atomic E-state index is 5.94. The lowest BCUT2D eigenvalue weighted by Gasteiger charge is -2.04. The van der Waals surface area contributed by atoms with Crippen LogP contribution in [-0.4, -0.2) is 11.5 Å². The molecule has 0 saturated heterocycles. The fourth-order valence-corrected chi connectivity index (χ4v) is 2.70. The minimum absolute atomic E-state index is 0.212. The summed E-state index contributed by atoms with van der Waals surface area (Å²) in [6.45, 7) is 2.92. The zero-order valence-electron chi connectivity index (χ0n) is 10.7. The Kier molecular flexibility index (Phi) is 2.15. The average Bonchev–Trinajstić information content (AvgIpc) is 3.00. The number of benzene rings is 2. The highest BCUT2D eigenvalue weighted by Gasteiger charge is 2.27. The summed E-state index contributed by atoms with van der Waals surface area (Å²) in [6.07, 6.45) is 0. The summed E-state index contributed by atoms with van der Waals surface area (Å²) < 4.78 is 5.94. The quantitative estimate of drug-likeness (QED) is 0.715. The lowest BCUT2D eigenvalue weighted by Crippen LogP contribution is -2.03. The van der Waals surface area contributed by atoms with Crippen molar-refractivity contribution < 1.29 is 4.42 Å². The standard InChI is InChI=1S/C16H14N2O/c1-10-6-7-14-15(8-10)19-16(18-14)12-9-17-13-5-3-2-4-11(12)13/h2-8,12,17H,9H2,1H3. The summed E-state index contributed by atoms with van der Waals surface area (Å²) in [5.74, 6) is 1.02. The molecule has 0 bridgehead atoms. The summed E-state index contributed by atoms with van der Waals surface area (Å²) in [7, 11) is 0. The molecule has 0 amide bonds. The Morgan fingerprint density at radius 2 is 2.11 bits per heavy atom. The van der Waals surface area contributed by atoms with E-state index in [2.05, 4.69) is 41.5 Å². The van der Waals surface area contributed by atoms with E-state index >= 15 is 0 Å². The molecule has 1 atom stereocenters. The summed E-state index contributed by atoms with van der Waals surface area (Å²) in [5.41, 5.74) is 5.46. The zero-order chi connectivity index (χ0) is 12.8. The third kappa shape index (κ3) is 1.62. The minimum Gasteiger partial charge on any atom is -0.440 e. The van der Waals surface area contributed by atoms with Crippen LogP contribution in [0.1, 0.15) is 22.9 Å². The molecule has 0 spiro atoms. The topological polar surface area (TPSA) is 38.1 Å². The molecule has 1 N–H and O–H groups in total. The molecule has 0 fully saturated rings. The molecular formula is C16H14N2O. The Bertz CT molecular complexity index is 760. The van der Waals surface area contributed by atoms with Crippen LogP contribution in [0, 0.1) is 6.92 Å². The van der Waals surface area contributed by atoms with Crippen LogP contribution in [0.5, 0.6) is 0 Å². The maximum absolute atomic E-state index is 5.94. The van der Waals surface area contributed by atoms with E-state index in [1.54, 1.807) is 0 Å². The van der Waals surface area contributed by atoms with Crippen molar-refractivity contribution in [1.29, 1.82) is 0 Å². The van der Waals surface area contributed by atoms with E-state index in [0.29, 0.717) is 0 Å². The Hall–Kier alpha value is -2.29. The fourth-order valence-electron chi connectivity index (χ4n) is 2.70. The molecule has 0 radical (unpaired) electrons. The lowest BCUT2D eigenvalue weighted by atomic mass is 10.0. The third-order valence-electron chi connectivity index (χ3n) is 3.69. The predicted molar refractivity (Wildman–Crippen MR) is 75.5 cm³/mol. The molecule has 1 aromatic heterocycles. The number of hydrogen-bond donors (Lipinski definition) is 1. The van der Waals surface area contributed by atoms with Gasteiger partial charge in [0.05, 0.1) is 5.92 Å². The molecule has 94 valence electrons. The molecule has 3 nitrogen and oxygen atoms in total. The van der Waals surface area contributed by atoms with Crippen LogP contribution in [0.2, 0.25) is 0 Å². The molecule has 4 rings (SSSR count). The van der Waals surface area contributed by atoms with Crippen LogP contribution in [0.15, 0.2) is 46.9 Å². The first-order chi connectivity index (χ1) is 9.31. The highest BCUT2D eigenvalue weighted by Crippen LogP contribution is 2.36. The van der Waals surface area contributed by atoms with Gasteiger partial charge in [0.2, 0.25) is 5.89 Å². The van der Waals surface area contributed by atoms with E-state index in [1.165, 1.54) is 16.8 Å². The summed E-state index contributed by atoms with van der Waals surface area (Å²) >= 11 is 0. The Labute approximate surface area is 111 Å². The SMILES string of the molecule is Cc1ccc2nc(C3CNc4ccccc43)oc2c1. The van der Waals surface area contributed by atoms with Gasteiger partial charge in [-0.1, -0.05) is 24.3 Å². The van der Waals surface area contributed by atoms with Gasteiger partial charge in [-0.25, -0.2) is 4.98 Å². The van der Waals surface area contributed by atoms with Gasteiger partial charge in [0.25, 0.3) is 0 Å². The van der Waals surface area contributed by atoms with Crippen molar-refractivity contribution in [2.45, 2.75) is 12.8 Å². The van der Waals surface area contributed by atoms with E-state index < -0.39 is 0 Å². The monoisotopic (exact) mass is 250 g/mol. The molecule has 1 aliphatic heterocycles. The van der Waals surface area contributed by atoms with E-state index in [9.17, 15) is 0 Å². The van der Waals surface area contributed by atoms with Crippen molar-refractivity contribution in [3.05, 3.63) is 59.5 Å². The van der Waals surface area contributed by atoms with Gasteiger partial charge >= 0.3 is 0 Å². The first-order valence-electron chi connectivity index (χ1n) is 6.51. The predicted octanol–water partition coefficient (Wildman–Crippen LogP) is 3.69. The van der Waals surface area contributed by atoms with Gasteiger partial charge in [0, 0.05) is 12.2 Å². The molecule has 1 unspecified atom stereocenters. The molecule has 1 aliphatic rings. The first-order valence-corrected chi connectivity index (χ1v) is 6.51. The third-order valence-corrected chi connectivity index (χ3v) is 3.69. The molecule has 2 aromatic carbocycles. The van der Waals surface area contributed by atoms with Crippen LogP contribution in [0.3, 0.4) is 0 Å². The van der Waals surface area contributed by atoms with Crippen LogP contribution in [0.25, 0.3) is 11.1 Å². The van der Waals surface area contributed by atoms with Crippen molar-refractivity contribution in [3.63, 3.8) is 0 Å². The number of rotatable bonds is 1. The van der Waals surface area contributed by atoms with Crippen molar-refractivity contribution in [3.8, 4) is 0 Å². The van der Waals surface area contributed by atoms with E-state index in [1.807, 2.05) is 18.2 Å². The molecular weight excluding hydrogens is 236 g/mol. The van der Waals surface area contributed by atoms with Gasteiger partial charge in [-0.05, 0) is 36.2 Å². The molecule has 0 saturated carbocycles. The van der Waals surface area contributed by atoms with Gasteiger partial charge in [0.15, 0.2) is 5.58 Å². The lowest BCUT2D eigenvalue weighted by molar-refractivity contribution is 0.512. The number of anilines is 1. The summed E-state index contributed by atoms with van der Waals surface area (Å²) in [6, 6.07) is 14.5. The highest BCUT2D eigenvalue weighted by atomic mass is 16.3. The highest BCUT2D eigenvalue weighted by molar-refractivity contribution is 5.74. The minimum atomic E-state index is 0.212. The molecule has 2 heterocycles. The fraction of sp³-hybridized carbons (Fsp3) is 0.188. The summed E-state index contributed by atoms with van der Waals surface area (Å²) in [5, 5.41) is 3.40. The number of oxazole rings is 1. The summed E-state index contributed by atoms with van der Waals surface area (Å²) in [4.78, 5) is 4.63. The smallest absolute Gasteiger partial charge is 0.204 e. The van der Waals surface area contributed by atoms with Crippen LogP contribution in [0.4, 0.5) is 5.69 Å². The van der Waals surface area contributed by atoms with Gasteiger partial charge in [0.1, 0.15) is 5.52 Å². The maximum Gasteiger partial charge on any atom is 0.204 e. The Balaban J connectivity index is 1.83. The number of aromatic nitrogens is 1. The van der Waals surface area contributed by atoms with Gasteiger partial charge in [-0.3, -0.25) is 0 Å². The number of nitrogens with zero attached hydrogens (tertiary/aromatic N) is 1. The molecule has 0 aliphatic carbocycles. The van der Waals surface area contributed by atoms with Crippen molar-refractivity contribution >= 4 is 16.8 Å². The van der Waals surface area contributed by atoms with E-state index in [4.69, 9.17) is 4.42 Å². The molecule has 3 aromatic rings. The van der Waals surface area contributed by atoms with Crippen LogP contribution in [-0.2, 0) is 0 Å². The zero-order valence-corrected chi connectivity index (χ0v) is 10.7. The largest absolute Gasteiger partial charge is 0.440 e. The second kappa shape index (κ2) is 3.85. The number of fused-ring (bicyclic) bond motifs is 2. The Morgan fingerprint density at radius 3 is 3.05 bits per heavy atom. The van der Waals surface area contributed by atoms with Crippen molar-refractivity contribution in [2.24, 2.45) is 0 Å². The first kappa shape index (κ1) is 10.6. The molecule has 19 heavy (non-hydrogen) atoms. The normalized spacial score (nSPS) is 17.4. The second-order valence-electron chi connectivity index (χ2n) is 5.04. The van der Waals surface area contributed by atoms with Crippen LogP contribution < -0.4 is 5.32 Å². The average molecular weight is 250 g/mol. The van der Waals surface area contributed by atoms with Gasteiger partial charge in [-0.15, -0.1) is 0 Å². The van der Waals surface area contributed by atoms with Crippen molar-refractivity contribution in [2.75, 3.05) is 11.9 Å². The molecule has 3 heteroatoms. The van der Waals surface area contributed by atoms with E-state index in [0.717, 1.165) is 23.5 Å². The number of para-hydroxylation sites is 1. The van der Waals surface area contributed by atoms with Crippen LogP contribution >= 0.6 is 0 Å². The number of aryl methyl sites for hydroxylation is 1. The van der Waals surface area contributed by atoms with E-state index in [-0.39, 0.29) is 5.92 Å². The number of hydrogen-bond acceptors (Lipinski definition) is 3. The van der Waals surface area contributed by atoms with Gasteiger partial charge < -0.3 is 9.73 Å². The van der Waals surface area contributed by atoms with Crippen molar-refractivity contribution in [1.82, 2.24) is 4.98 Å². The second-order valence-corrected chi connectivity index (χ2v) is 5.04. The Morgan fingerprint density at radius 1 is 1.21 bits per heavy atom. The van der Waals surface area contributed by atoms with Gasteiger partial charge in [-0.2, -0.15) is 0 Å².